The van der Waals surface area contributed by atoms with Crippen LogP contribution in [0.1, 0.15) is 37.0 Å². The van der Waals surface area contributed by atoms with Crippen LogP contribution in [-0.2, 0) is 0 Å². The van der Waals surface area contributed by atoms with E-state index in [1.165, 1.54) is 14.2 Å². The van der Waals surface area contributed by atoms with Gasteiger partial charge >= 0.3 is 0 Å². The van der Waals surface area contributed by atoms with Crippen molar-refractivity contribution in [3.8, 4) is 17.6 Å². The van der Waals surface area contributed by atoms with Gasteiger partial charge in [0.05, 0.1) is 25.9 Å². The number of benzene rings is 1. The summed E-state index contributed by atoms with van der Waals surface area (Å²) >= 11 is 0. The number of hydrogen-bond donors (Lipinski definition) is 1. The van der Waals surface area contributed by atoms with Gasteiger partial charge < -0.3 is 14.8 Å². The number of ether oxygens (including phenoxy) is 2. The Labute approximate surface area is 119 Å². The number of para-hydroxylation sites is 1. The number of amides is 1. The van der Waals surface area contributed by atoms with Crippen molar-refractivity contribution in [2.45, 2.75) is 32.2 Å². The molecule has 0 saturated carbocycles. The highest BCUT2D eigenvalue weighted by molar-refractivity contribution is 5.98. The van der Waals surface area contributed by atoms with Crippen molar-refractivity contribution in [2.24, 2.45) is 0 Å². The van der Waals surface area contributed by atoms with Crippen LogP contribution in [0.25, 0.3) is 0 Å². The summed E-state index contributed by atoms with van der Waals surface area (Å²) < 4.78 is 10.4. The van der Waals surface area contributed by atoms with Crippen LogP contribution >= 0.6 is 0 Å². The Morgan fingerprint density at radius 1 is 1.30 bits per heavy atom. The molecule has 0 aliphatic heterocycles. The van der Waals surface area contributed by atoms with E-state index in [2.05, 4.69) is 11.4 Å². The Kier molecular flexibility index (Phi) is 5.39. The summed E-state index contributed by atoms with van der Waals surface area (Å²) in [6, 6.07) is 7.25. The molecule has 0 radical (unpaired) electrons. The Balaban J connectivity index is 3.13. The SMILES string of the molecule is CCC(C#N)(CC)NC(=O)c1cccc(OC)c1OC. The second-order valence-corrected chi connectivity index (χ2v) is 4.40. The van der Waals surface area contributed by atoms with E-state index in [0.29, 0.717) is 29.9 Å². The van der Waals surface area contributed by atoms with Gasteiger partial charge in [0.2, 0.25) is 0 Å². The van der Waals surface area contributed by atoms with Gasteiger partial charge in [0.1, 0.15) is 5.54 Å². The minimum absolute atomic E-state index is 0.342. The van der Waals surface area contributed by atoms with E-state index in [9.17, 15) is 10.1 Å². The highest BCUT2D eigenvalue weighted by Crippen LogP contribution is 2.31. The van der Waals surface area contributed by atoms with Crippen molar-refractivity contribution in [1.82, 2.24) is 5.32 Å². The smallest absolute Gasteiger partial charge is 0.256 e. The van der Waals surface area contributed by atoms with E-state index in [4.69, 9.17) is 9.47 Å². The van der Waals surface area contributed by atoms with Gasteiger partial charge in [-0.05, 0) is 25.0 Å². The quantitative estimate of drug-likeness (QED) is 0.866. The lowest BCUT2D eigenvalue weighted by molar-refractivity contribution is 0.0912. The number of carbonyl (C=O) groups is 1. The highest BCUT2D eigenvalue weighted by atomic mass is 16.5. The number of rotatable bonds is 6. The van der Waals surface area contributed by atoms with Gasteiger partial charge in [0.25, 0.3) is 5.91 Å². The molecule has 1 aromatic carbocycles. The monoisotopic (exact) mass is 276 g/mol. The van der Waals surface area contributed by atoms with Crippen molar-refractivity contribution in [2.75, 3.05) is 14.2 Å². The molecule has 0 aliphatic carbocycles. The molecule has 0 heterocycles. The van der Waals surface area contributed by atoms with Crippen LogP contribution in [0.2, 0.25) is 0 Å². The van der Waals surface area contributed by atoms with Crippen LogP contribution in [0.3, 0.4) is 0 Å². The van der Waals surface area contributed by atoms with Gasteiger partial charge in [-0.3, -0.25) is 4.79 Å². The van der Waals surface area contributed by atoms with Crippen molar-refractivity contribution in [1.29, 1.82) is 5.26 Å². The lowest BCUT2D eigenvalue weighted by Crippen LogP contribution is -2.46. The predicted molar refractivity (Wildman–Crippen MR) is 75.9 cm³/mol. The second kappa shape index (κ2) is 6.80. The maximum absolute atomic E-state index is 12.4. The fourth-order valence-electron chi connectivity index (χ4n) is 1.96. The average Bonchev–Trinajstić information content (AvgIpc) is 2.51. The third-order valence-corrected chi connectivity index (χ3v) is 3.42. The molecule has 1 aromatic rings. The second-order valence-electron chi connectivity index (χ2n) is 4.40. The predicted octanol–water partition coefficient (Wildman–Crippen LogP) is 2.52. The number of carbonyl (C=O) groups excluding carboxylic acids is 1. The van der Waals surface area contributed by atoms with Crippen LogP contribution < -0.4 is 14.8 Å². The van der Waals surface area contributed by atoms with Gasteiger partial charge in [-0.15, -0.1) is 0 Å². The van der Waals surface area contributed by atoms with Crippen LogP contribution in [0.4, 0.5) is 0 Å². The van der Waals surface area contributed by atoms with Crippen molar-refractivity contribution < 1.29 is 14.3 Å². The molecule has 0 aromatic heterocycles. The molecule has 5 heteroatoms. The van der Waals surface area contributed by atoms with Gasteiger partial charge in [-0.25, -0.2) is 0 Å². The lowest BCUT2D eigenvalue weighted by atomic mass is 9.94. The first-order valence-corrected chi connectivity index (χ1v) is 6.52. The molecule has 5 nitrogen and oxygen atoms in total. The molecule has 0 bridgehead atoms. The maximum Gasteiger partial charge on any atom is 0.256 e. The van der Waals surface area contributed by atoms with E-state index < -0.39 is 5.54 Å². The van der Waals surface area contributed by atoms with E-state index in [1.807, 2.05) is 13.8 Å². The molecule has 0 fully saturated rings. The van der Waals surface area contributed by atoms with Crippen molar-refractivity contribution in [3.63, 3.8) is 0 Å². The molecule has 0 spiro atoms. The number of nitriles is 1. The van der Waals surface area contributed by atoms with Crippen molar-refractivity contribution in [3.05, 3.63) is 23.8 Å². The third-order valence-electron chi connectivity index (χ3n) is 3.42. The molecule has 1 amide bonds. The summed E-state index contributed by atoms with van der Waals surface area (Å²) in [6.45, 7) is 3.74. The zero-order valence-electron chi connectivity index (χ0n) is 12.3. The van der Waals surface area contributed by atoms with Gasteiger partial charge in [-0.2, -0.15) is 5.26 Å². The first-order valence-electron chi connectivity index (χ1n) is 6.52. The molecular weight excluding hydrogens is 256 g/mol. The van der Waals surface area contributed by atoms with Crippen molar-refractivity contribution >= 4 is 5.91 Å². The lowest BCUT2D eigenvalue weighted by Gasteiger charge is -2.25. The summed E-state index contributed by atoms with van der Waals surface area (Å²) in [4.78, 5) is 12.4. The van der Waals surface area contributed by atoms with Gasteiger partial charge in [-0.1, -0.05) is 19.9 Å². The largest absolute Gasteiger partial charge is 0.493 e. The molecular formula is C15H20N2O3. The number of nitrogens with zero attached hydrogens (tertiary/aromatic N) is 1. The molecule has 0 aliphatic rings. The first-order chi connectivity index (χ1) is 9.57. The summed E-state index contributed by atoms with van der Waals surface area (Å²) in [6.07, 6.45) is 1.08. The normalized spacial score (nSPS) is 10.6. The topological polar surface area (TPSA) is 71.4 Å². The van der Waals surface area contributed by atoms with Crippen LogP contribution in [0.15, 0.2) is 18.2 Å². The fraction of sp³-hybridized carbons (Fsp3) is 0.467. The molecule has 1 rings (SSSR count). The highest BCUT2D eigenvalue weighted by Gasteiger charge is 2.29. The number of methoxy groups -OCH3 is 2. The van der Waals surface area contributed by atoms with E-state index >= 15 is 0 Å². The van der Waals surface area contributed by atoms with E-state index in [0.717, 1.165) is 0 Å². The first kappa shape index (κ1) is 15.8. The molecule has 0 atom stereocenters. The zero-order valence-corrected chi connectivity index (χ0v) is 12.3. The van der Waals surface area contributed by atoms with Gasteiger partial charge in [0, 0.05) is 0 Å². The Morgan fingerprint density at radius 2 is 1.95 bits per heavy atom. The Hall–Kier alpha value is -2.22. The van der Waals surface area contributed by atoms with Crippen LogP contribution in [0, 0.1) is 11.3 Å². The number of nitrogens with one attached hydrogen (secondary N) is 1. The minimum Gasteiger partial charge on any atom is -0.493 e. The van der Waals surface area contributed by atoms with Gasteiger partial charge in [0.15, 0.2) is 11.5 Å². The molecule has 0 saturated heterocycles. The summed E-state index contributed by atoms with van der Waals surface area (Å²) in [7, 11) is 2.99. The van der Waals surface area contributed by atoms with E-state index in [-0.39, 0.29) is 5.91 Å². The van der Waals surface area contributed by atoms with Crippen LogP contribution in [-0.4, -0.2) is 25.7 Å². The zero-order chi connectivity index (χ0) is 15.2. The minimum atomic E-state index is -0.856. The molecule has 20 heavy (non-hydrogen) atoms. The standard InChI is InChI=1S/C15H20N2O3/c1-5-15(6-2,10-16)17-14(18)11-8-7-9-12(19-3)13(11)20-4/h7-9H,5-6H2,1-4H3,(H,17,18). The van der Waals surface area contributed by atoms with E-state index in [1.54, 1.807) is 18.2 Å². The third kappa shape index (κ3) is 3.02. The summed E-state index contributed by atoms with van der Waals surface area (Å²) in [5, 5.41) is 12.1. The summed E-state index contributed by atoms with van der Waals surface area (Å²) in [5.41, 5.74) is -0.501. The molecule has 0 unspecified atom stereocenters. The van der Waals surface area contributed by atoms with Crippen LogP contribution in [0.5, 0.6) is 11.5 Å². The maximum atomic E-state index is 12.4. The average molecular weight is 276 g/mol. The fourth-order valence-corrected chi connectivity index (χ4v) is 1.96. The summed E-state index contributed by atoms with van der Waals surface area (Å²) in [5.74, 6) is 0.508. The Morgan fingerprint density at radius 3 is 2.40 bits per heavy atom. The molecule has 108 valence electrons. The molecule has 1 N–H and O–H groups in total. The number of hydrogen-bond acceptors (Lipinski definition) is 4. The Bertz CT molecular complexity index is 516.